The molecule has 14 heteroatoms. The quantitative estimate of drug-likeness (QED) is 0.278. The highest BCUT2D eigenvalue weighted by Crippen LogP contribution is 2.33. The molecule has 0 aliphatic carbocycles. The van der Waals surface area contributed by atoms with Crippen molar-refractivity contribution in [1.29, 1.82) is 0 Å². The van der Waals surface area contributed by atoms with E-state index in [1.165, 1.54) is 21.3 Å². The van der Waals surface area contributed by atoms with Crippen molar-refractivity contribution in [2.75, 3.05) is 47.8 Å². The van der Waals surface area contributed by atoms with E-state index in [1.54, 1.807) is 0 Å². The zero-order valence-electron chi connectivity index (χ0n) is 17.6. The standard InChI is InChI=1S/C18H24N2O12/c1-26-7-12(22)29-6-10-15(31-13(23)8-27-2)16(32-14(24)9-28-3)17(30-10)20-5-4-11(21)19-18(20)25/h4-5,10,15-17H,6-9H2,1-3H3,(H,19,21,25)/t10-,15-,16-,17-/m1/s1. The molecular formula is C18H24N2O12. The molecule has 14 nitrogen and oxygen atoms in total. The normalized spacial score (nSPS) is 22.3. The zero-order chi connectivity index (χ0) is 23.7. The molecule has 178 valence electrons. The van der Waals surface area contributed by atoms with E-state index < -0.39 is 73.5 Å². The van der Waals surface area contributed by atoms with Crippen LogP contribution in [0.15, 0.2) is 21.9 Å². The molecule has 1 aliphatic heterocycles. The summed E-state index contributed by atoms with van der Waals surface area (Å²) in [5.41, 5.74) is -1.53. The van der Waals surface area contributed by atoms with Crippen molar-refractivity contribution in [2.45, 2.75) is 24.5 Å². The molecule has 1 aliphatic rings. The lowest BCUT2D eigenvalue weighted by Gasteiger charge is -2.24. The lowest BCUT2D eigenvalue weighted by Crippen LogP contribution is -2.43. The fourth-order valence-electron chi connectivity index (χ4n) is 2.90. The highest BCUT2D eigenvalue weighted by Gasteiger charge is 2.51. The summed E-state index contributed by atoms with van der Waals surface area (Å²) in [6, 6.07) is 1.05. The average molecular weight is 460 g/mol. The number of hydrogen-bond acceptors (Lipinski definition) is 12. The molecule has 1 aromatic rings. The van der Waals surface area contributed by atoms with E-state index >= 15 is 0 Å². The second kappa shape index (κ2) is 12.1. The van der Waals surface area contributed by atoms with Crippen LogP contribution in [-0.2, 0) is 47.5 Å². The Labute approximate surface area is 181 Å². The van der Waals surface area contributed by atoms with E-state index in [9.17, 15) is 24.0 Å². The number of carbonyl (C=O) groups excluding carboxylic acids is 3. The van der Waals surface area contributed by atoms with Crippen molar-refractivity contribution in [3.63, 3.8) is 0 Å². The minimum absolute atomic E-state index is 0.337. The van der Waals surface area contributed by atoms with Gasteiger partial charge >= 0.3 is 23.6 Å². The predicted molar refractivity (Wildman–Crippen MR) is 102 cm³/mol. The Bertz CT molecular complexity index is 910. The van der Waals surface area contributed by atoms with Crippen LogP contribution in [0, 0.1) is 0 Å². The van der Waals surface area contributed by atoms with E-state index in [4.69, 9.17) is 28.4 Å². The predicted octanol–water partition coefficient (Wildman–Crippen LogP) is -2.26. The van der Waals surface area contributed by atoms with Gasteiger partial charge < -0.3 is 33.2 Å². The maximum atomic E-state index is 12.3. The molecule has 1 saturated heterocycles. The van der Waals surface area contributed by atoms with Crippen LogP contribution in [0.5, 0.6) is 0 Å². The molecule has 1 N–H and O–H groups in total. The molecule has 0 aromatic carbocycles. The number of nitrogens with zero attached hydrogens (tertiary/aromatic N) is 1. The van der Waals surface area contributed by atoms with E-state index in [1.807, 2.05) is 4.98 Å². The van der Waals surface area contributed by atoms with Crippen LogP contribution in [-0.4, -0.2) is 93.5 Å². The number of hydrogen-bond donors (Lipinski definition) is 1. The summed E-state index contributed by atoms with van der Waals surface area (Å²) in [5.74, 6) is -2.39. The van der Waals surface area contributed by atoms with Gasteiger partial charge in [0.2, 0.25) is 0 Å². The maximum absolute atomic E-state index is 12.3. The fraction of sp³-hybridized carbons (Fsp3) is 0.611. The first-order valence-electron chi connectivity index (χ1n) is 9.29. The van der Waals surface area contributed by atoms with Gasteiger partial charge in [-0.05, 0) is 0 Å². The highest BCUT2D eigenvalue weighted by molar-refractivity contribution is 5.72. The second-order valence-corrected chi connectivity index (χ2v) is 6.47. The van der Waals surface area contributed by atoms with E-state index in [0.29, 0.717) is 0 Å². The fourth-order valence-corrected chi connectivity index (χ4v) is 2.90. The summed E-state index contributed by atoms with van der Waals surface area (Å²) < 4.78 is 36.6. The topological polar surface area (TPSA) is 171 Å². The van der Waals surface area contributed by atoms with Gasteiger partial charge in [0.25, 0.3) is 5.56 Å². The summed E-state index contributed by atoms with van der Waals surface area (Å²) >= 11 is 0. The molecule has 4 atom stereocenters. The molecular weight excluding hydrogens is 436 g/mol. The summed E-state index contributed by atoms with van der Waals surface area (Å²) in [4.78, 5) is 61.7. The van der Waals surface area contributed by atoms with Crippen molar-refractivity contribution < 1.29 is 47.5 Å². The highest BCUT2D eigenvalue weighted by atomic mass is 16.7. The first kappa shape index (κ1) is 25.2. The van der Waals surface area contributed by atoms with Crippen molar-refractivity contribution >= 4 is 17.9 Å². The number of carbonyl (C=O) groups is 3. The summed E-state index contributed by atoms with van der Waals surface area (Å²) in [5, 5.41) is 0. The molecule has 0 unspecified atom stereocenters. The Hall–Kier alpha value is -3.07. The molecule has 0 spiro atoms. The molecule has 2 heterocycles. The lowest BCUT2D eigenvalue weighted by molar-refractivity contribution is -0.173. The number of ether oxygens (including phenoxy) is 7. The van der Waals surface area contributed by atoms with Crippen LogP contribution in [0.2, 0.25) is 0 Å². The number of aromatic nitrogens is 2. The first-order valence-corrected chi connectivity index (χ1v) is 9.29. The van der Waals surface area contributed by atoms with Crippen molar-refractivity contribution in [3.05, 3.63) is 33.1 Å². The van der Waals surface area contributed by atoms with E-state index in [2.05, 4.69) is 4.74 Å². The third-order valence-corrected chi connectivity index (χ3v) is 4.14. The Morgan fingerprint density at radius 1 is 0.938 bits per heavy atom. The van der Waals surface area contributed by atoms with Gasteiger partial charge in [-0.15, -0.1) is 0 Å². The van der Waals surface area contributed by atoms with Crippen LogP contribution in [0.4, 0.5) is 0 Å². The van der Waals surface area contributed by atoms with Crippen LogP contribution in [0.3, 0.4) is 0 Å². The second-order valence-electron chi connectivity index (χ2n) is 6.47. The number of aromatic amines is 1. The Morgan fingerprint density at radius 2 is 1.50 bits per heavy atom. The summed E-state index contributed by atoms with van der Waals surface area (Å²) in [6.45, 7) is -1.61. The summed E-state index contributed by atoms with van der Waals surface area (Å²) in [7, 11) is 3.84. The largest absolute Gasteiger partial charge is 0.461 e. The van der Waals surface area contributed by atoms with Gasteiger partial charge in [0.15, 0.2) is 18.4 Å². The maximum Gasteiger partial charge on any atom is 0.332 e. The van der Waals surface area contributed by atoms with Gasteiger partial charge in [0, 0.05) is 33.6 Å². The Morgan fingerprint density at radius 3 is 2.06 bits per heavy atom. The average Bonchev–Trinajstić information content (AvgIpc) is 3.04. The Balaban J connectivity index is 2.39. The lowest BCUT2D eigenvalue weighted by atomic mass is 10.1. The molecule has 32 heavy (non-hydrogen) atoms. The van der Waals surface area contributed by atoms with Gasteiger partial charge in [0.05, 0.1) is 0 Å². The van der Waals surface area contributed by atoms with Gasteiger partial charge in [-0.3, -0.25) is 14.3 Å². The van der Waals surface area contributed by atoms with Gasteiger partial charge in [0.1, 0.15) is 32.5 Å². The van der Waals surface area contributed by atoms with Gasteiger partial charge in [-0.1, -0.05) is 0 Å². The minimum atomic E-state index is -1.35. The van der Waals surface area contributed by atoms with Crippen LogP contribution >= 0.6 is 0 Å². The Kier molecular flexibility index (Phi) is 9.52. The third-order valence-electron chi connectivity index (χ3n) is 4.14. The monoisotopic (exact) mass is 460 g/mol. The molecule has 0 radical (unpaired) electrons. The number of rotatable bonds is 11. The molecule has 0 saturated carbocycles. The summed E-state index contributed by atoms with van der Waals surface area (Å²) in [6.07, 6.45) is -3.99. The number of methoxy groups -OCH3 is 3. The minimum Gasteiger partial charge on any atom is -0.461 e. The third kappa shape index (κ3) is 6.71. The van der Waals surface area contributed by atoms with Crippen LogP contribution in [0.25, 0.3) is 0 Å². The number of nitrogens with one attached hydrogen (secondary N) is 1. The van der Waals surface area contributed by atoms with Crippen molar-refractivity contribution in [3.8, 4) is 0 Å². The van der Waals surface area contributed by atoms with Crippen LogP contribution in [0.1, 0.15) is 6.23 Å². The van der Waals surface area contributed by atoms with E-state index in [-0.39, 0.29) is 6.61 Å². The smallest absolute Gasteiger partial charge is 0.332 e. The molecule has 1 fully saturated rings. The first-order chi connectivity index (χ1) is 15.3. The SMILES string of the molecule is COCC(=O)OC[C@H]1O[C@@H](n2ccc(=O)[nH]c2=O)[C@H](OC(=O)COC)[C@@H]1OC(=O)COC. The zero-order valence-corrected chi connectivity index (χ0v) is 17.6. The van der Waals surface area contributed by atoms with Gasteiger partial charge in [-0.25, -0.2) is 19.2 Å². The van der Waals surface area contributed by atoms with E-state index in [0.717, 1.165) is 16.8 Å². The van der Waals surface area contributed by atoms with Crippen LogP contribution < -0.4 is 11.2 Å². The number of esters is 3. The van der Waals surface area contributed by atoms with Crippen molar-refractivity contribution in [2.24, 2.45) is 0 Å². The number of H-pyrrole nitrogens is 1. The van der Waals surface area contributed by atoms with Crippen molar-refractivity contribution in [1.82, 2.24) is 9.55 Å². The molecule has 0 amide bonds. The van der Waals surface area contributed by atoms with Gasteiger partial charge in [-0.2, -0.15) is 0 Å². The molecule has 2 rings (SSSR count). The molecule has 1 aromatic heterocycles. The molecule has 0 bridgehead atoms.